The van der Waals surface area contributed by atoms with Crippen LogP contribution in [0.5, 0.6) is 0 Å². The van der Waals surface area contributed by atoms with E-state index in [9.17, 15) is 3.89 Å². The molecule has 7 heteroatoms. The first-order chi connectivity index (χ1) is 2.00. The molecule has 0 aromatic heterocycles. The Morgan fingerprint density at radius 3 is 1.43 bits per heavy atom. The van der Waals surface area contributed by atoms with E-state index in [1.165, 1.54) is 0 Å². The first-order valence-corrected chi connectivity index (χ1v) is 1.96. The average Bonchev–Trinajstić information content (AvgIpc) is 0.722. The number of hydrogen-bond acceptors (Lipinski definition) is 3. The molecule has 0 N–H and O–H groups in total. The summed E-state index contributed by atoms with van der Waals surface area (Å²) in [7, 11) is -5.42. The molecule has 0 aromatic rings. The van der Waals surface area contributed by atoms with Crippen LogP contribution in [-0.4, -0.2) is 13.0 Å². The molecule has 0 bridgehead atoms. The topological polar surface area (TPSA) is 57.2 Å². The maximum Gasteiger partial charge on any atom is 2.00 e. The van der Waals surface area contributed by atoms with Crippen LogP contribution in [-0.2, 0) is 32.9 Å². The van der Waals surface area contributed by atoms with Gasteiger partial charge in [-0.1, -0.05) is 0 Å². The zero-order chi connectivity index (χ0) is 4.50. The Kier molecular flexibility index (Phi) is 10.4. The molecule has 0 fully saturated rings. The van der Waals surface area contributed by atoms with Gasteiger partial charge in [0.2, 0.25) is 0 Å². The molecule has 1 radical (unpaired) electrons. The SMILES string of the molecule is O=S(=O)([O-])F.[F-].[Nb+2]. The van der Waals surface area contributed by atoms with Gasteiger partial charge in [-0.25, -0.2) is 8.42 Å². The molecule has 3 nitrogen and oxygen atoms in total. The van der Waals surface area contributed by atoms with Crippen molar-refractivity contribution in [2.24, 2.45) is 0 Å². The quantitative estimate of drug-likeness (QED) is 0.236. The van der Waals surface area contributed by atoms with Gasteiger partial charge in [-0.15, -0.1) is 3.89 Å². The number of rotatable bonds is 0. The van der Waals surface area contributed by atoms with E-state index in [1.54, 1.807) is 0 Å². The molecule has 0 aliphatic carbocycles. The third kappa shape index (κ3) is 509. The minimum absolute atomic E-state index is 0. The second kappa shape index (κ2) is 4.66. The summed E-state index contributed by atoms with van der Waals surface area (Å²) in [5.41, 5.74) is 0. The Labute approximate surface area is 54.8 Å². The molecule has 0 spiro atoms. The van der Waals surface area contributed by atoms with Gasteiger partial charge in [0.05, 0.1) is 0 Å². The van der Waals surface area contributed by atoms with E-state index < -0.39 is 10.5 Å². The van der Waals surface area contributed by atoms with Crippen LogP contribution in [0.2, 0.25) is 0 Å². The predicted octanol–water partition coefficient (Wildman–Crippen LogP) is -3.58. The Balaban J connectivity index is -0.0000000800. The van der Waals surface area contributed by atoms with Crippen molar-refractivity contribution in [2.45, 2.75) is 0 Å². The van der Waals surface area contributed by atoms with Gasteiger partial charge in [0, 0.05) is 0 Å². The Hall–Kier alpha value is 0.510. The van der Waals surface area contributed by atoms with Crippen LogP contribution in [0.3, 0.4) is 0 Å². The van der Waals surface area contributed by atoms with Crippen molar-refractivity contribution in [2.75, 3.05) is 0 Å². The summed E-state index contributed by atoms with van der Waals surface area (Å²) in [6, 6.07) is 0. The minimum Gasteiger partial charge on any atom is -1.00 e. The van der Waals surface area contributed by atoms with E-state index in [0.29, 0.717) is 0 Å². The van der Waals surface area contributed by atoms with Crippen LogP contribution in [0.25, 0.3) is 0 Å². The van der Waals surface area contributed by atoms with Crippen molar-refractivity contribution in [3.63, 3.8) is 0 Å². The van der Waals surface area contributed by atoms with Gasteiger partial charge in [-0.3, -0.25) is 0 Å². The van der Waals surface area contributed by atoms with Gasteiger partial charge in [-0.2, -0.15) is 0 Å². The van der Waals surface area contributed by atoms with Gasteiger partial charge in [-0.05, 0) is 0 Å². The van der Waals surface area contributed by atoms with Crippen LogP contribution in [0.1, 0.15) is 0 Å². The van der Waals surface area contributed by atoms with E-state index >= 15 is 0 Å². The molecule has 0 saturated heterocycles. The zero-order valence-electron chi connectivity index (χ0n) is 2.84. The van der Waals surface area contributed by atoms with Crippen molar-refractivity contribution in [3.05, 3.63) is 0 Å². The molecule has 0 aliphatic rings. The molecule has 0 aliphatic heterocycles. The number of hydrogen-bond donors (Lipinski definition) is 0. The molecule has 43 valence electrons. The van der Waals surface area contributed by atoms with Gasteiger partial charge in [0.15, 0.2) is 0 Å². The molecular weight excluding hydrogens is 211 g/mol. The zero-order valence-corrected chi connectivity index (χ0v) is 5.85. The van der Waals surface area contributed by atoms with Gasteiger partial charge in [0.25, 0.3) is 10.5 Å². The van der Waals surface area contributed by atoms with Gasteiger partial charge >= 0.3 is 22.4 Å². The molecule has 7 heavy (non-hydrogen) atoms. The summed E-state index contributed by atoms with van der Waals surface area (Å²) < 4.78 is 35.3. The normalized spacial score (nSPS) is 8.29. The molecule has 0 heterocycles. The fourth-order valence-corrected chi connectivity index (χ4v) is 0. The van der Waals surface area contributed by atoms with E-state index in [2.05, 4.69) is 0 Å². The Morgan fingerprint density at radius 1 is 1.43 bits per heavy atom. The van der Waals surface area contributed by atoms with E-state index in [1.807, 2.05) is 0 Å². The maximum absolute atomic E-state index is 10.1. The van der Waals surface area contributed by atoms with E-state index in [0.717, 1.165) is 0 Å². The molecule has 0 unspecified atom stereocenters. The molecule has 0 saturated carbocycles. The first kappa shape index (κ1) is 15.6. The minimum atomic E-state index is -5.42. The Morgan fingerprint density at radius 2 is 1.43 bits per heavy atom. The summed E-state index contributed by atoms with van der Waals surface area (Å²) in [6.45, 7) is 0. The maximum atomic E-state index is 10.1. The average molecular weight is 211 g/mol. The van der Waals surface area contributed by atoms with Crippen LogP contribution < -0.4 is 4.70 Å². The van der Waals surface area contributed by atoms with E-state index in [-0.39, 0.29) is 27.1 Å². The largest absolute Gasteiger partial charge is 2.00 e. The molecule has 0 aromatic carbocycles. The van der Waals surface area contributed by atoms with E-state index in [4.69, 9.17) is 13.0 Å². The van der Waals surface area contributed by atoms with Crippen LogP contribution in [0.15, 0.2) is 0 Å². The predicted molar refractivity (Wildman–Crippen MR) is 10.8 cm³/mol. The molecule has 0 amide bonds. The summed E-state index contributed by atoms with van der Waals surface area (Å²) in [5, 5.41) is 0. The van der Waals surface area contributed by atoms with Crippen molar-refractivity contribution in [1.29, 1.82) is 0 Å². The standard InChI is InChI=1S/FHO3S.FH.Nb/c1-5(2,3)4;;/h(H,2,3,4);1H;/q;;+2/p-2. The molecule has 0 atom stereocenters. The summed E-state index contributed by atoms with van der Waals surface area (Å²) in [6.07, 6.45) is 0. The summed E-state index contributed by atoms with van der Waals surface area (Å²) in [5.74, 6) is 0. The smallest absolute Gasteiger partial charge is 1.00 e. The van der Waals surface area contributed by atoms with Gasteiger partial charge < -0.3 is 9.26 Å². The third-order valence-electron chi connectivity index (χ3n) is 0. The third-order valence-corrected chi connectivity index (χ3v) is 0. The van der Waals surface area contributed by atoms with Crippen molar-refractivity contribution in [3.8, 4) is 0 Å². The van der Waals surface area contributed by atoms with Crippen molar-refractivity contribution < 1.29 is 43.9 Å². The second-order valence-electron chi connectivity index (χ2n) is 0.393. The summed E-state index contributed by atoms with van der Waals surface area (Å²) in [4.78, 5) is 0. The van der Waals surface area contributed by atoms with Crippen LogP contribution >= 0.6 is 0 Å². The number of halogens is 2. The monoisotopic (exact) mass is 211 g/mol. The van der Waals surface area contributed by atoms with Crippen LogP contribution in [0, 0.1) is 0 Å². The van der Waals surface area contributed by atoms with Crippen molar-refractivity contribution >= 4 is 10.5 Å². The fraction of sp³-hybridized carbons (Fsp3) is 0. The second-order valence-corrected chi connectivity index (χ2v) is 1.18. The van der Waals surface area contributed by atoms with Gasteiger partial charge in [0.1, 0.15) is 0 Å². The molecular formula is F2NbO3S. The summed E-state index contributed by atoms with van der Waals surface area (Å²) >= 11 is 0. The fourth-order valence-electron chi connectivity index (χ4n) is 0. The molecule has 0 rings (SSSR count). The Bertz CT molecular complexity index is 96.1. The van der Waals surface area contributed by atoms with Crippen molar-refractivity contribution in [1.82, 2.24) is 0 Å². The van der Waals surface area contributed by atoms with Crippen LogP contribution in [0.4, 0.5) is 3.89 Å². The first-order valence-electron chi connectivity index (χ1n) is 0.654.